The quantitative estimate of drug-likeness (QED) is 0.893. The predicted octanol–water partition coefficient (Wildman–Crippen LogP) is 2.66. The Labute approximate surface area is 106 Å². The van der Waals surface area contributed by atoms with Crippen molar-refractivity contribution in [2.75, 3.05) is 13.7 Å². The number of likely N-dealkylation sites (N-methyl/N-ethyl adjacent to an activating group) is 1. The van der Waals surface area contributed by atoms with Crippen molar-refractivity contribution in [3.63, 3.8) is 0 Å². The standard InChI is InChI=1S/C14H19F2NO/c1-14(7-4-8-18-14)13(17-2)9-10-11(15)5-3-6-12(10)16/h3,5-6,13,17H,4,7-9H2,1-2H3. The second-order valence-corrected chi connectivity index (χ2v) is 5.01. The van der Waals surface area contributed by atoms with Gasteiger partial charge in [-0.15, -0.1) is 0 Å². The molecule has 100 valence electrons. The van der Waals surface area contributed by atoms with Crippen LogP contribution < -0.4 is 5.32 Å². The third-order valence-electron chi connectivity index (χ3n) is 3.80. The Kier molecular flexibility index (Phi) is 3.97. The molecule has 0 amide bonds. The van der Waals surface area contributed by atoms with Gasteiger partial charge in [-0.2, -0.15) is 0 Å². The molecule has 2 nitrogen and oxygen atoms in total. The van der Waals surface area contributed by atoms with E-state index in [9.17, 15) is 8.78 Å². The summed E-state index contributed by atoms with van der Waals surface area (Å²) < 4.78 is 33.0. The maximum absolute atomic E-state index is 13.7. The molecule has 2 rings (SSSR count). The minimum Gasteiger partial charge on any atom is -0.374 e. The Morgan fingerprint density at radius 1 is 1.39 bits per heavy atom. The van der Waals surface area contributed by atoms with Gasteiger partial charge in [0.2, 0.25) is 0 Å². The smallest absolute Gasteiger partial charge is 0.129 e. The molecule has 1 saturated heterocycles. The third-order valence-corrected chi connectivity index (χ3v) is 3.80. The summed E-state index contributed by atoms with van der Waals surface area (Å²) in [6, 6.07) is 3.88. The maximum atomic E-state index is 13.7. The van der Waals surface area contributed by atoms with Crippen LogP contribution in [-0.2, 0) is 11.2 Å². The Morgan fingerprint density at radius 2 is 2.06 bits per heavy atom. The lowest BCUT2D eigenvalue weighted by Crippen LogP contribution is -2.48. The lowest BCUT2D eigenvalue weighted by atomic mass is 9.88. The number of hydrogen-bond acceptors (Lipinski definition) is 2. The summed E-state index contributed by atoms with van der Waals surface area (Å²) in [7, 11) is 1.80. The molecule has 4 heteroatoms. The van der Waals surface area contributed by atoms with Crippen LogP contribution >= 0.6 is 0 Å². The summed E-state index contributed by atoms with van der Waals surface area (Å²) in [6.45, 7) is 2.72. The van der Waals surface area contributed by atoms with Crippen LogP contribution in [0.25, 0.3) is 0 Å². The van der Waals surface area contributed by atoms with Crippen molar-refractivity contribution in [1.82, 2.24) is 5.32 Å². The molecule has 0 saturated carbocycles. The lowest BCUT2D eigenvalue weighted by molar-refractivity contribution is -0.00979. The van der Waals surface area contributed by atoms with Crippen LogP contribution in [0.5, 0.6) is 0 Å². The van der Waals surface area contributed by atoms with Crippen LogP contribution in [0, 0.1) is 11.6 Å². The van der Waals surface area contributed by atoms with Crippen molar-refractivity contribution in [3.05, 3.63) is 35.4 Å². The van der Waals surface area contributed by atoms with E-state index < -0.39 is 11.6 Å². The van der Waals surface area contributed by atoms with E-state index in [2.05, 4.69) is 5.32 Å². The molecule has 2 unspecified atom stereocenters. The molecule has 1 heterocycles. The predicted molar refractivity (Wildman–Crippen MR) is 66.5 cm³/mol. The monoisotopic (exact) mass is 255 g/mol. The van der Waals surface area contributed by atoms with Gasteiger partial charge in [-0.05, 0) is 45.4 Å². The van der Waals surface area contributed by atoms with Gasteiger partial charge in [0.25, 0.3) is 0 Å². The normalized spacial score (nSPS) is 25.3. The zero-order chi connectivity index (χ0) is 13.2. The van der Waals surface area contributed by atoms with Gasteiger partial charge in [-0.1, -0.05) is 6.07 Å². The third kappa shape index (κ3) is 2.54. The Hall–Kier alpha value is -1.00. The van der Waals surface area contributed by atoms with Crippen LogP contribution in [0.15, 0.2) is 18.2 Å². The Balaban J connectivity index is 2.20. The summed E-state index contributed by atoms with van der Waals surface area (Å²) in [5.74, 6) is -0.978. The SMILES string of the molecule is CNC(Cc1c(F)cccc1F)C1(C)CCCO1. The van der Waals surface area contributed by atoms with Crippen LogP contribution in [0.2, 0.25) is 0 Å². The first-order valence-electron chi connectivity index (χ1n) is 6.31. The van der Waals surface area contributed by atoms with Crippen LogP contribution in [0.1, 0.15) is 25.3 Å². The van der Waals surface area contributed by atoms with E-state index >= 15 is 0 Å². The fourth-order valence-electron chi connectivity index (χ4n) is 2.63. The van der Waals surface area contributed by atoms with Crippen LogP contribution in [0.4, 0.5) is 8.78 Å². The van der Waals surface area contributed by atoms with Gasteiger partial charge in [0.15, 0.2) is 0 Å². The lowest BCUT2D eigenvalue weighted by Gasteiger charge is -2.33. The molecular weight excluding hydrogens is 236 g/mol. The van der Waals surface area contributed by atoms with Gasteiger partial charge in [0, 0.05) is 18.2 Å². The summed E-state index contributed by atoms with van der Waals surface area (Å²) in [5.41, 5.74) is -0.211. The molecule has 0 aliphatic carbocycles. The van der Waals surface area contributed by atoms with E-state index in [1.165, 1.54) is 18.2 Å². The molecule has 0 spiro atoms. The van der Waals surface area contributed by atoms with Crippen molar-refractivity contribution in [2.24, 2.45) is 0 Å². The minimum atomic E-state index is -0.489. The summed E-state index contributed by atoms with van der Waals surface area (Å²) in [5, 5.41) is 3.13. The van der Waals surface area contributed by atoms with Crippen molar-refractivity contribution < 1.29 is 13.5 Å². The molecule has 1 N–H and O–H groups in total. The van der Waals surface area contributed by atoms with Crippen LogP contribution in [0.3, 0.4) is 0 Å². The molecule has 1 aromatic rings. The molecule has 1 aliphatic rings. The number of halogens is 2. The van der Waals surface area contributed by atoms with Crippen LogP contribution in [-0.4, -0.2) is 25.3 Å². The average molecular weight is 255 g/mol. The first kappa shape index (κ1) is 13.4. The highest BCUT2D eigenvalue weighted by Crippen LogP contribution is 2.31. The molecular formula is C14H19F2NO. The number of hydrogen-bond donors (Lipinski definition) is 1. The molecule has 0 bridgehead atoms. The van der Waals surface area contributed by atoms with Gasteiger partial charge in [0.05, 0.1) is 5.60 Å². The van der Waals surface area contributed by atoms with E-state index in [4.69, 9.17) is 4.74 Å². The summed E-state index contributed by atoms with van der Waals surface area (Å²) in [4.78, 5) is 0. The molecule has 18 heavy (non-hydrogen) atoms. The van der Waals surface area contributed by atoms with E-state index in [0.717, 1.165) is 12.8 Å². The fraction of sp³-hybridized carbons (Fsp3) is 0.571. The average Bonchev–Trinajstić information content (AvgIpc) is 2.77. The van der Waals surface area contributed by atoms with Crippen molar-refractivity contribution in [3.8, 4) is 0 Å². The molecule has 2 atom stereocenters. The first-order chi connectivity index (χ1) is 8.57. The number of rotatable bonds is 4. The van der Waals surface area contributed by atoms with Crippen molar-refractivity contribution in [2.45, 2.75) is 37.8 Å². The first-order valence-corrected chi connectivity index (χ1v) is 6.31. The van der Waals surface area contributed by atoms with E-state index in [1.54, 1.807) is 7.05 Å². The topological polar surface area (TPSA) is 21.3 Å². The number of ether oxygens (including phenoxy) is 1. The Morgan fingerprint density at radius 3 is 2.56 bits per heavy atom. The highest BCUT2D eigenvalue weighted by atomic mass is 19.1. The zero-order valence-electron chi connectivity index (χ0n) is 10.8. The fourth-order valence-corrected chi connectivity index (χ4v) is 2.63. The molecule has 0 radical (unpaired) electrons. The highest BCUT2D eigenvalue weighted by molar-refractivity contribution is 5.21. The summed E-state index contributed by atoms with van der Waals surface area (Å²) in [6.07, 6.45) is 2.20. The maximum Gasteiger partial charge on any atom is 0.129 e. The second-order valence-electron chi connectivity index (χ2n) is 5.01. The second kappa shape index (κ2) is 5.33. The van der Waals surface area contributed by atoms with Crippen molar-refractivity contribution >= 4 is 0 Å². The molecule has 1 aromatic carbocycles. The molecule has 1 fully saturated rings. The van der Waals surface area contributed by atoms with Gasteiger partial charge in [-0.25, -0.2) is 8.78 Å². The van der Waals surface area contributed by atoms with E-state index in [0.29, 0.717) is 13.0 Å². The molecule has 0 aromatic heterocycles. The number of benzene rings is 1. The van der Waals surface area contributed by atoms with E-state index in [-0.39, 0.29) is 17.2 Å². The number of nitrogens with one attached hydrogen (secondary N) is 1. The molecule has 1 aliphatic heterocycles. The highest BCUT2D eigenvalue weighted by Gasteiger charge is 2.38. The van der Waals surface area contributed by atoms with Gasteiger partial charge >= 0.3 is 0 Å². The van der Waals surface area contributed by atoms with Gasteiger partial charge < -0.3 is 10.1 Å². The van der Waals surface area contributed by atoms with E-state index in [1.807, 2.05) is 6.92 Å². The Bertz CT molecular complexity index is 396. The summed E-state index contributed by atoms with van der Waals surface area (Å²) >= 11 is 0. The largest absolute Gasteiger partial charge is 0.374 e. The minimum absolute atomic E-state index is 0.0913. The van der Waals surface area contributed by atoms with Gasteiger partial charge in [-0.3, -0.25) is 0 Å². The zero-order valence-corrected chi connectivity index (χ0v) is 10.8. The van der Waals surface area contributed by atoms with Gasteiger partial charge in [0.1, 0.15) is 11.6 Å². The van der Waals surface area contributed by atoms with Crippen molar-refractivity contribution in [1.29, 1.82) is 0 Å².